The highest BCUT2D eigenvalue weighted by Gasteiger charge is 2.26. The van der Waals surface area contributed by atoms with Crippen molar-refractivity contribution in [1.82, 2.24) is 9.88 Å². The lowest BCUT2D eigenvalue weighted by atomic mass is 9.90. The molecule has 0 saturated carbocycles. The Balaban J connectivity index is 0.00000144. The number of rotatable bonds is 2. The number of pyridine rings is 1. The predicted octanol–water partition coefficient (Wildman–Crippen LogP) is 3.93. The molecule has 4 nitrogen and oxygen atoms in total. The largest absolute Gasteiger partial charge is 0.339 e. The van der Waals surface area contributed by atoms with Gasteiger partial charge in [-0.1, -0.05) is 11.6 Å². The Hall–Kier alpha value is -1.07. The molecule has 1 aliphatic rings. The van der Waals surface area contributed by atoms with Crippen LogP contribution in [0.1, 0.15) is 30.1 Å². The number of amides is 1. The van der Waals surface area contributed by atoms with E-state index in [-0.39, 0.29) is 36.8 Å². The summed E-state index contributed by atoms with van der Waals surface area (Å²) >= 11 is 6.19. The van der Waals surface area contributed by atoms with Crippen molar-refractivity contribution in [2.45, 2.75) is 25.8 Å². The van der Waals surface area contributed by atoms with Gasteiger partial charge in [0.25, 0.3) is 5.91 Å². The van der Waals surface area contributed by atoms with E-state index < -0.39 is 0 Å². The summed E-state index contributed by atoms with van der Waals surface area (Å²) in [4.78, 5) is 19.1. The Morgan fingerprint density at radius 1 is 1.29 bits per heavy atom. The first-order valence-electron chi connectivity index (χ1n) is 7.66. The van der Waals surface area contributed by atoms with Gasteiger partial charge < -0.3 is 10.6 Å². The maximum Gasteiger partial charge on any atom is 0.256 e. The molecule has 1 amide bonds. The molecule has 1 unspecified atom stereocenters. The second kappa shape index (κ2) is 8.86. The summed E-state index contributed by atoms with van der Waals surface area (Å²) in [7, 11) is 0. The average Bonchev–Trinajstić information content (AvgIpc) is 2.55. The number of nitrogens with two attached hydrogens (primary N) is 1. The van der Waals surface area contributed by atoms with Crippen LogP contribution in [0.4, 0.5) is 0 Å². The minimum atomic E-state index is 0. The van der Waals surface area contributed by atoms with Crippen molar-refractivity contribution in [3.63, 3.8) is 0 Å². The van der Waals surface area contributed by atoms with E-state index >= 15 is 0 Å². The Kier molecular flexibility index (Phi) is 7.74. The van der Waals surface area contributed by atoms with Crippen LogP contribution in [0.5, 0.6) is 0 Å². The van der Waals surface area contributed by atoms with Crippen LogP contribution in [0, 0.1) is 5.92 Å². The van der Waals surface area contributed by atoms with Gasteiger partial charge in [0.05, 0.1) is 16.1 Å². The first kappa shape index (κ1) is 21.0. The number of fused-ring (bicyclic) bond motifs is 1. The van der Waals surface area contributed by atoms with Gasteiger partial charge in [0.15, 0.2) is 0 Å². The minimum absolute atomic E-state index is 0. The molecule has 2 heterocycles. The van der Waals surface area contributed by atoms with Crippen LogP contribution >= 0.6 is 36.4 Å². The average molecular weight is 391 g/mol. The summed E-state index contributed by atoms with van der Waals surface area (Å²) in [6.45, 7) is 3.54. The highest BCUT2D eigenvalue weighted by molar-refractivity contribution is 6.36. The Labute approximate surface area is 159 Å². The third-order valence-electron chi connectivity index (χ3n) is 4.52. The monoisotopic (exact) mass is 389 g/mol. The third-order valence-corrected chi connectivity index (χ3v) is 4.85. The number of nitrogens with zero attached hydrogens (tertiary/aromatic N) is 2. The Bertz CT molecular complexity index is 701. The fourth-order valence-electron chi connectivity index (χ4n) is 3.11. The molecule has 1 saturated heterocycles. The van der Waals surface area contributed by atoms with E-state index in [9.17, 15) is 4.79 Å². The molecule has 2 N–H and O–H groups in total. The van der Waals surface area contributed by atoms with Crippen molar-refractivity contribution in [2.24, 2.45) is 11.7 Å². The van der Waals surface area contributed by atoms with Crippen molar-refractivity contribution in [2.75, 3.05) is 13.1 Å². The highest BCUT2D eigenvalue weighted by Crippen LogP contribution is 2.27. The molecule has 3 rings (SSSR count). The molecule has 1 fully saturated rings. The first-order valence-corrected chi connectivity index (χ1v) is 8.04. The molecule has 0 spiro atoms. The molecule has 1 aromatic carbocycles. The second-order valence-electron chi connectivity index (χ2n) is 5.98. The molecule has 2 aromatic rings. The van der Waals surface area contributed by atoms with E-state index in [0.717, 1.165) is 31.3 Å². The molecule has 7 heteroatoms. The molecule has 1 atom stereocenters. The van der Waals surface area contributed by atoms with Crippen LogP contribution in [0.25, 0.3) is 10.9 Å². The summed E-state index contributed by atoms with van der Waals surface area (Å²) in [6.07, 6.45) is 3.61. The van der Waals surface area contributed by atoms with Gasteiger partial charge in [-0.05, 0) is 49.9 Å². The molecular weight excluding hydrogens is 369 g/mol. The van der Waals surface area contributed by atoms with Gasteiger partial charge in [-0.25, -0.2) is 0 Å². The van der Waals surface area contributed by atoms with Crippen LogP contribution in [0.15, 0.2) is 30.5 Å². The van der Waals surface area contributed by atoms with Crippen molar-refractivity contribution >= 4 is 53.2 Å². The standard InChI is InChI=1S/C17H20ClN3O.2ClH/c1-11(19)12-6-9-21(10-7-12)17(22)14-4-5-15(18)13-3-2-8-20-16(13)14;;/h2-5,8,11-12H,6-7,9-10,19H2,1H3;2*1H. The van der Waals surface area contributed by atoms with Gasteiger partial charge >= 0.3 is 0 Å². The van der Waals surface area contributed by atoms with Crippen molar-refractivity contribution in [3.05, 3.63) is 41.0 Å². The summed E-state index contributed by atoms with van der Waals surface area (Å²) in [5.41, 5.74) is 7.26. The molecule has 0 aliphatic carbocycles. The maximum atomic E-state index is 12.8. The lowest BCUT2D eigenvalue weighted by Gasteiger charge is -2.33. The third kappa shape index (κ3) is 4.12. The number of benzene rings is 1. The van der Waals surface area contributed by atoms with E-state index in [0.29, 0.717) is 22.0 Å². The number of carbonyl (C=O) groups excluding carboxylic acids is 1. The molecule has 0 bridgehead atoms. The fourth-order valence-corrected chi connectivity index (χ4v) is 3.32. The van der Waals surface area contributed by atoms with E-state index in [1.165, 1.54) is 0 Å². The maximum absolute atomic E-state index is 12.8. The van der Waals surface area contributed by atoms with E-state index in [1.54, 1.807) is 18.3 Å². The summed E-state index contributed by atoms with van der Waals surface area (Å²) in [6, 6.07) is 7.46. The summed E-state index contributed by atoms with van der Waals surface area (Å²) in [5.74, 6) is 0.535. The van der Waals surface area contributed by atoms with Gasteiger partial charge in [-0.2, -0.15) is 0 Å². The van der Waals surface area contributed by atoms with Crippen LogP contribution in [-0.4, -0.2) is 34.9 Å². The summed E-state index contributed by atoms with van der Waals surface area (Å²) in [5, 5.41) is 1.44. The van der Waals surface area contributed by atoms with Crippen LogP contribution in [0.2, 0.25) is 5.02 Å². The smallest absolute Gasteiger partial charge is 0.256 e. The number of aromatic nitrogens is 1. The SMILES string of the molecule is CC(N)C1CCN(C(=O)c2ccc(Cl)c3cccnc23)CC1.Cl.Cl. The van der Waals surface area contributed by atoms with Crippen molar-refractivity contribution < 1.29 is 4.79 Å². The van der Waals surface area contributed by atoms with Gasteiger partial charge in [0.2, 0.25) is 0 Å². The molecule has 132 valence electrons. The molecule has 0 radical (unpaired) electrons. The van der Waals surface area contributed by atoms with E-state index in [1.807, 2.05) is 24.0 Å². The number of carbonyl (C=O) groups is 1. The van der Waals surface area contributed by atoms with Gasteiger partial charge in [0, 0.05) is 30.7 Å². The lowest BCUT2D eigenvalue weighted by Crippen LogP contribution is -2.42. The van der Waals surface area contributed by atoms with Crippen LogP contribution in [-0.2, 0) is 0 Å². The second-order valence-corrected chi connectivity index (χ2v) is 6.39. The normalized spacial score (nSPS) is 16.2. The lowest BCUT2D eigenvalue weighted by molar-refractivity contribution is 0.0683. The van der Waals surface area contributed by atoms with Crippen LogP contribution < -0.4 is 5.73 Å². The Morgan fingerprint density at radius 2 is 1.96 bits per heavy atom. The van der Waals surface area contributed by atoms with Gasteiger partial charge in [0.1, 0.15) is 0 Å². The number of hydrogen-bond donors (Lipinski definition) is 1. The van der Waals surface area contributed by atoms with Crippen molar-refractivity contribution in [1.29, 1.82) is 0 Å². The zero-order chi connectivity index (χ0) is 15.7. The first-order chi connectivity index (χ1) is 10.6. The van der Waals surface area contributed by atoms with E-state index in [2.05, 4.69) is 4.98 Å². The number of piperidine rings is 1. The number of hydrogen-bond acceptors (Lipinski definition) is 3. The highest BCUT2D eigenvalue weighted by atomic mass is 35.5. The quantitative estimate of drug-likeness (QED) is 0.845. The predicted molar refractivity (Wildman–Crippen MR) is 104 cm³/mol. The number of halogens is 3. The zero-order valence-corrected chi connectivity index (χ0v) is 15.8. The minimum Gasteiger partial charge on any atom is -0.339 e. The molecular formula is C17H22Cl3N3O. The molecule has 1 aromatic heterocycles. The topological polar surface area (TPSA) is 59.2 Å². The van der Waals surface area contributed by atoms with Gasteiger partial charge in [-0.15, -0.1) is 24.8 Å². The molecule has 24 heavy (non-hydrogen) atoms. The molecule has 1 aliphatic heterocycles. The fraction of sp³-hybridized carbons (Fsp3) is 0.412. The summed E-state index contributed by atoms with van der Waals surface area (Å²) < 4.78 is 0. The Morgan fingerprint density at radius 3 is 2.58 bits per heavy atom. The zero-order valence-electron chi connectivity index (χ0n) is 13.4. The van der Waals surface area contributed by atoms with E-state index in [4.69, 9.17) is 17.3 Å². The van der Waals surface area contributed by atoms with Gasteiger partial charge in [-0.3, -0.25) is 9.78 Å². The van der Waals surface area contributed by atoms with Crippen LogP contribution in [0.3, 0.4) is 0 Å². The van der Waals surface area contributed by atoms with Crippen molar-refractivity contribution in [3.8, 4) is 0 Å². The number of likely N-dealkylation sites (tertiary alicyclic amines) is 1.